The molecule has 1 aliphatic rings. The van der Waals surface area contributed by atoms with E-state index in [9.17, 15) is 4.79 Å². The monoisotopic (exact) mass is 366 g/mol. The Morgan fingerprint density at radius 2 is 2.00 bits per heavy atom. The summed E-state index contributed by atoms with van der Waals surface area (Å²) in [6.45, 7) is 2.86. The van der Waals surface area contributed by atoms with Crippen LogP contribution in [0.15, 0.2) is 35.1 Å². The van der Waals surface area contributed by atoms with E-state index in [1.54, 1.807) is 0 Å². The maximum absolute atomic E-state index is 12.4. The van der Waals surface area contributed by atoms with Gasteiger partial charge >= 0.3 is 0 Å². The molecule has 3 aromatic rings. The molecule has 3 heterocycles. The lowest BCUT2D eigenvalue weighted by Gasteiger charge is -2.11. The Labute approximate surface area is 157 Å². The lowest BCUT2D eigenvalue weighted by Crippen LogP contribution is -2.30. The molecule has 0 spiro atoms. The molecule has 8 nitrogen and oxygen atoms in total. The van der Waals surface area contributed by atoms with Gasteiger partial charge < -0.3 is 19.7 Å². The van der Waals surface area contributed by atoms with Crippen LogP contribution < -0.4 is 10.6 Å². The molecule has 0 unspecified atom stereocenters. The van der Waals surface area contributed by atoms with Crippen molar-refractivity contribution in [3.05, 3.63) is 53.4 Å². The van der Waals surface area contributed by atoms with Gasteiger partial charge in [-0.2, -0.15) is 0 Å². The molecule has 0 aliphatic heterocycles. The Kier molecular flexibility index (Phi) is 4.86. The molecule has 2 N–H and O–H groups in total. The van der Waals surface area contributed by atoms with E-state index in [2.05, 4.69) is 25.8 Å². The average molecular weight is 366 g/mol. The maximum atomic E-state index is 12.4. The van der Waals surface area contributed by atoms with Crippen LogP contribution in [0.5, 0.6) is 0 Å². The number of rotatable bonds is 6. The molecule has 27 heavy (non-hydrogen) atoms. The van der Waals surface area contributed by atoms with Crippen LogP contribution in [-0.2, 0) is 12.8 Å². The Balaban J connectivity index is 1.33. The molecule has 140 valence electrons. The van der Waals surface area contributed by atoms with E-state index in [-0.39, 0.29) is 5.91 Å². The van der Waals surface area contributed by atoms with Crippen LogP contribution >= 0.6 is 0 Å². The number of nitrogens with one attached hydrogen (secondary N) is 2. The van der Waals surface area contributed by atoms with Crippen molar-refractivity contribution in [2.45, 2.75) is 32.6 Å². The summed E-state index contributed by atoms with van der Waals surface area (Å²) in [5.74, 6) is 2.88. The zero-order valence-electron chi connectivity index (χ0n) is 15.2. The fraction of sp³-hybridized carbons (Fsp3) is 0.368. The number of carbonyl (C=O) groups excluding carboxylic acids is 1. The molecular formula is C19H22N6O2. The smallest absolute Gasteiger partial charge is 0.273 e. The predicted octanol–water partition coefficient (Wildman–Crippen LogP) is 2.28. The fourth-order valence-corrected chi connectivity index (χ4v) is 3.28. The van der Waals surface area contributed by atoms with E-state index in [1.165, 1.54) is 0 Å². The van der Waals surface area contributed by atoms with Crippen molar-refractivity contribution < 1.29 is 9.32 Å². The van der Waals surface area contributed by atoms with Gasteiger partial charge in [-0.15, -0.1) is 0 Å². The fourth-order valence-electron chi connectivity index (χ4n) is 3.28. The van der Waals surface area contributed by atoms with Gasteiger partial charge in [-0.3, -0.25) is 4.79 Å². The molecule has 0 atom stereocenters. The zero-order valence-corrected chi connectivity index (χ0v) is 15.2. The van der Waals surface area contributed by atoms with E-state index >= 15 is 0 Å². The largest absolute Gasteiger partial charge is 0.368 e. The van der Waals surface area contributed by atoms with E-state index in [0.29, 0.717) is 24.6 Å². The van der Waals surface area contributed by atoms with Crippen LogP contribution in [0, 0.1) is 6.92 Å². The van der Waals surface area contributed by atoms with Crippen molar-refractivity contribution in [1.29, 1.82) is 0 Å². The first kappa shape index (κ1) is 17.3. The minimum atomic E-state index is -0.185. The topological polar surface area (TPSA) is 97.9 Å². The third-order valence-electron chi connectivity index (χ3n) is 4.58. The van der Waals surface area contributed by atoms with E-state index in [4.69, 9.17) is 4.52 Å². The van der Waals surface area contributed by atoms with Gasteiger partial charge in [-0.1, -0.05) is 5.16 Å². The van der Waals surface area contributed by atoms with Crippen molar-refractivity contribution in [3.63, 3.8) is 0 Å². The normalized spacial score (nSPS) is 13.2. The molecule has 0 radical (unpaired) electrons. The Bertz CT molecular complexity index is 932. The maximum Gasteiger partial charge on any atom is 0.273 e. The number of aryl methyl sites for hydroxylation is 2. The standard InChI is InChI=1S/C19H22N6O2/c1-13-22-16(12-17(23-13)25-10-4-5-11-25)20-8-9-21-19(26)18-14-6-2-3-7-15(14)27-24-18/h4-5,10-12H,2-3,6-9H2,1H3,(H,21,26)(H,20,22,23). The highest BCUT2D eigenvalue weighted by Crippen LogP contribution is 2.24. The van der Waals surface area contributed by atoms with E-state index in [0.717, 1.165) is 48.6 Å². The zero-order chi connectivity index (χ0) is 18.6. The molecule has 3 aromatic heterocycles. The molecule has 0 saturated carbocycles. The summed E-state index contributed by atoms with van der Waals surface area (Å²) >= 11 is 0. The molecule has 8 heteroatoms. The Morgan fingerprint density at radius 1 is 1.19 bits per heavy atom. The lowest BCUT2D eigenvalue weighted by molar-refractivity contribution is 0.0945. The first-order valence-corrected chi connectivity index (χ1v) is 9.19. The summed E-state index contributed by atoms with van der Waals surface area (Å²) in [5.41, 5.74) is 1.40. The van der Waals surface area contributed by atoms with Gasteiger partial charge in [0.25, 0.3) is 5.91 Å². The van der Waals surface area contributed by atoms with E-state index in [1.807, 2.05) is 42.1 Å². The first-order valence-electron chi connectivity index (χ1n) is 9.19. The molecule has 0 saturated heterocycles. The van der Waals surface area contributed by atoms with Crippen LogP contribution in [0.1, 0.15) is 40.5 Å². The molecule has 0 bridgehead atoms. The average Bonchev–Trinajstić information content (AvgIpc) is 3.34. The third kappa shape index (κ3) is 3.84. The van der Waals surface area contributed by atoms with Crippen molar-refractivity contribution in [1.82, 2.24) is 25.0 Å². The summed E-state index contributed by atoms with van der Waals surface area (Å²) in [6, 6.07) is 5.77. The Morgan fingerprint density at radius 3 is 2.85 bits per heavy atom. The van der Waals surface area contributed by atoms with Gasteiger partial charge in [0.05, 0.1) is 0 Å². The molecule has 1 amide bonds. The minimum absolute atomic E-state index is 0.185. The Hall–Kier alpha value is -3.16. The number of fused-ring (bicyclic) bond motifs is 1. The number of hydrogen-bond donors (Lipinski definition) is 2. The SMILES string of the molecule is Cc1nc(NCCNC(=O)c2noc3c2CCCC3)cc(-n2cccc2)n1. The summed E-state index contributed by atoms with van der Waals surface area (Å²) in [6.07, 6.45) is 7.77. The minimum Gasteiger partial charge on any atom is -0.368 e. The van der Waals surface area contributed by atoms with Crippen molar-refractivity contribution in [2.24, 2.45) is 0 Å². The molecule has 1 aliphatic carbocycles. The summed E-state index contributed by atoms with van der Waals surface area (Å²) < 4.78 is 7.23. The van der Waals surface area contributed by atoms with Crippen molar-refractivity contribution in [3.8, 4) is 5.82 Å². The second kappa shape index (κ2) is 7.61. The number of aromatic nitrogens is 4. The molecule has 0 aromatic carbocycles. The summed E-state index contributed by atoms with van der Waals surface area (Å²) in [7, 11) is 0. The van der Waals surface area contributed by atoms with Crippen LogP contribution in [0.3, 0.4) is 0 Å². The van der Waals surface area contributed by atoms with Crippen LogP contribution in [0.4, 0.5) is 5.82 Å². The third-order valence-corrected chi connectivity index (χ3v) is 4.58. The molecular weight excluding hydrogens is 344 g/mol. The highest BCUT2D eigenvalue weighted by Gasteiger charge is 2.23. The van der Waals surface area contributed by atoms with Gasteiger partial charge in [0.1, 0.15) is 23.2 Å². The quantitative estimate of drug-likeness (QED) is 0.650. The number of carbonyl (C=O) groups is 1. The number of amides is 1. The summed E-state index contributed by atoms with van der Waals surface area (Å²) in [5, 5.41) is 10.1. The molecule has 0 fully saturated rings. The molecule has 4 rings (SSSR count). The number of nitrogens with zero attached hydrogens (tertiary/aromatic N) is 4. The highest BCUT2D eigenvalue weighted by atomic mass is 16.5. The number of anilines is 1. The van der Waals surface area contributed by atoms with Crippen LogP contribution in [0.25, 0.3) is 5.82 Å². The van der Waals surface area contributed by atoms with Gasteiger partial charge in [0.15, 0.2) is 5.69 Å². The second-order valence-corrected chi connectivity index (χ2v) is 6.57. The van der Waals surface area contributed by atoms with Crippen LogP contribution in [0.2, 0.25) is 0 Å². The van der Waals surface area contributed by atoms with Gasteiger partial charge in [0, 0.05) is 43.5 Å². The van der Waals surface area contributed by atoms with Crippen molar-refractivity contribution in [2.75, 3.05) is 18.4 Å². The van der Waals surface area contributed by atoms with Crippen LogP contribution in [-0.4, -0.2) is 38.7 Å². The second-order valence-electron chi connectivity index (χ2n) is 6.57. The number of hydrogen-bond acceptors (Lipinski definition) is 6. The summed E-state index contributed by atoms with van der Waals surface area (Å²) in [4.78, 5) is 21.2. The van der Waals surface area contributed by atoms with E-state index < -0.39 is 0 Å². The predicted molar refractivity (Wildman–Crippen MR) is 100 cm³/mol. The van der Waals surface area contributed by atoms with Gasteiger partial charge in [-0.05, 0) is 38.3 Å². The van der Waals surface area contributed by atoms with Crippen molar-refractivity contribution >= 4 is 11.7 Å². The first-order chi connectivity index (χ1) is 13.2. The van der Waals surface area contributed by atoms with Gasteiger partial charge in [-0.25, -0.2) is 9.97 Å². The van der Waals surface area contributed by atoms with Gasteiger partial charge in [0.2, 0.25) is 0 Å². The lowest BCUT2D eigenvalue weighted by atomic mass is 9.96. The highest BCUT2D eigenvalue weighted by molar-refractivity contribution is 5.93.